The van der Waals surface area contributed by atoms with Crippen molar-refractivity contribution in [3.8, 4) is 0 Å². The van der Waals surface area contributed by atoms with Gasteiger partial charge in [0.05, 0.1) is 21.1 Å². The van der Waals surface area contributed by atoms with Gasteiger partial charge in [0.15, 0.2) is 0 Å². The Bertz CT molecular complexity index is 654. The van der Waals surface area contributed by atoms with Crippen molar-refractivity contribution < 1.29 is 0 Å². The first kappa shape index (κ1) is 12.8. The van der Waals surface area contributed by atoms with E-state index in [0.717, 1.165) is 34.7 Å². The summed E-state index contributed by atoms with van der Waals surface area (Å²) in [6, 6.07) is 3.79. The number of fused-ring (bicyclic) bond motifs is 1. The smallest absolute Gasteiger partial charge is 0.110 e. The van der Waals surface area contributed by atoms with Crippen molar-refractivity contribution in [3.05, 3.63) is 28.0 Å². The average molecular weight is 321 g/mol. The Morgan fingerprint density at radius 3 is 2.19 bits per heavy atom. The van der Waals surface area contributed by atoms with Gasteiger partial charge in [-0.15, -0.1) is 0 Å². The van der Waals surface area contributed by atoms with Crippen molar-refractivity contribution in [2.45, 2.75) is 38.0 Å². The largest absolute Gasteiger partial charge is 0.342 e. The van der Waals surface area contributed by atoms with Crippen LogP contribution in [0.25, 0.3) is 11.0 Å². The molecule has 4 aliphatic rings. The van der Waals surface area contributed by atoms with Crippen LogP contribution in [0.2, 0.25) is 10.0 Å². The number of halogens is 2. The molecule has 4 fully saturated rings. The lowest BCUT2D eigenvalue weighted by Gasteiger charge is -2.53. The number of benzene rings is 1. The van der Waals surface area contributed by atoms with Crippen LogP contribution in [-0.4, -0.2) is 9.97 Å². The van der Waals surface area contributed by atoms with Gasteiger partial charge in [0, 0.05) is 5.92 Å². The van der Waals surface area contributed by atoms with Gasteiger partial charge >= 0.3 is 0 Å². The topological polar surface area (TPSA) is 28.7 Å². The van der Waals surface area contributed by atoms with E-state index in [1.807, 2.05) is 12.1 Å². The normalized spacial score (nSPS) is 37.5. The molecule has 1 heterocycles. The van der Waals surface area contributed by atoms with Crippen LogP contribution in [0.5, 0.6) is 0 Å². The first-order valence-corrected chi connectivity index (χ1v) is 8.77. The van der Waals surface area contributed by atoms with Gasteiger partial charge in [-0.05, 0) is 67.9 Å². The molecule has 0 atom stereocenters. The summed E-state index contributed by atoms with van der Waals surface area (Å²) in [7, 11) is 0. The number of nitrogens with zero attached hydrogens (tertiary/aromatic N) is 1. The molecule has 110 valence electrons. The minimum absolute atomic E-state index is 0.590. The van der Waals surface area contributed by atoms with Crippen molar-refractivity contribution in [1.29, 1.82) is 0 Å². The van der Waals surface area contributed by atoms with E-state index >= 15 is 0 Å². The van der Waals surface area contributed by atoms with Crippen molar-refractivity contribution in [2.75, 3.05) is 0 Å². The van der Waals surface area contributed by atoms with Gasteiger partial charge < -0.3 is 4.98 Å². The molecule has 4 heteroatoms. The molecule has 4 saturated carbocycles. The molecule has 6 rings (SSSR count). The minimum atomic E-state index is 0.590. The molecule has 0 amide bonds. The van der Waals surface area contributed by atoms with E-state index in [2.05, 4.69) is 4.98 Å². The van der Waals surface area contributed by atoms with Gasteiger partial charge in [-0.3, -0.25) is 0 Å². The van der Waals surface area contributed by atoms with Crippen LogP contribution in [-0.2, 0) is 0 Å². The highest BCUT2D eigenvalue weighted by Gasteiger charge is 2.49. The zero-order valence-corrected chi connectivity index (χ0v) is 13.3. The molecule has 0 spiro atoms. The lowest BCUT2D eigenvalue weighted by molar-refractivity contribution is -0.00528. The average Bonchev–Trinajstić information content (AvgIpc) is 2.80. The monoisotopic (exact) mass is 320 g/mol. The van der Waals surface area contributed by atoms with E-state index < -0.39 is 0 Å². The molecule has 1 aromatic heterocycles. The standard InChI is InChI=1S/C17H18Cl2N2/c18-12-6-14-15(7-13(12)19)21-17(20-14)16-10-2-8-1-9(4-10)5-11(16)3-8/h6-11,16H,1-5H2,(H,20,21). The second kappa shape index (κ2) is 4.39. The fourth-order valence-corrected chi connectivity index (χ4v) is 5.88. The number of nitrogens with one attached hydrogen (secondary N) is 1. The minimum Gasteiger partial charge on any atom is -0.342 e. The van der Waals surface area contributed by atoms with Crippen molar-refractivity contribution in [1.82, 2.24) is 9.97 Å². The number of aromatic amines is 1. The number of rotatable bonds is 1. The maximum Gasteiger partial charge on any atom is 0.110 e. The quantitative estimate of drug-likeness (QED) is 0.747. The van der Waals surface area contributed by atoms with Gasteiger partial charge in [-0.25, -0.2) is 4.98 Å². The summed E-state index contributed by atoms with van der Waals surface area (Å²) in [4.78, 5) is 8.40. The van der Waals surface area contributed by atoms with Crippen LogP contribution in [0.4, 0.5) is 0 Å². The molecule has 0 radical (unpaired) electrons. The van der Waals surface area contributed by atoms with E-state index in [1.165, 1.54) is 37.9 Å². The molecule has 4 bridgehead atoms. The summed E-state index contributed by atoms with van der Waals surface area (Å²) in [5.41, 5.74) is 1.97. The molecular weight excluding hydrogens is 303 g/mol. The highest BCUT2D eigenvalue weighted by molar-refractivity contribution is 6.42. The summed E-state index contributed by atoms with van der Waals surface area (Å²) in [6.07, 6.45) is 7.14. The number of imidazole rings is 1. The van der Waals surface area contributed by atoms with Crippen LogP contribution in [0.3, 0.4) is 0 Å². The van der Waals surface area contributed by atoms with Crippen molar-refractivity contribution >= 4 is 34.2 Å². The van der Waals surface area contributed by atoms with E-state index in [-0.39, 0.29) is 0 Å². The summed E-state index contributed by atoms with van der Waals surface area (Å²) < 4.78 is 0. The fourth-order valence-electron chi connectivity index (χ4n) is 5.55. The van der Waals surface area contributed by atoms with E-state index in [4.69, 9.17) is 28.2 Å². The highest BCUT2D eigenvalue weighted by atomic mass is 35.5. The van der Waals surface area contributed by atoms with E-state index in [0.29, 0.717) is 16.0 Å². The maximum atomic E-state index is 6.12. The molecule has 2 aromatic rings. The predicted octanol–water partition coefficient (Wildman–Crippen LogP) is 5.41. The molecule has 0 unspecified atom stereocenters. The van der Waals surface area contributed by atoms with Gasteiger partial charge in [-0.2, -0.15) is 0 Å². The zero-order chi connectivity index (χ0) is 14.1. The Morgan fingerprint density at radius 2 is 1.52 bits per heavy atom. The second-order valence-electron chi connectivity index (χ2n) is 7.36. The first-order chi connectivity index (χ1) is 10.2. The third-order valence-electron chi connectivity index (χ3n) is 6.08. The molecule has 1 N–H and O–H groups in total. The molecule has 0 aliphatic heterocycles. The predicted molar refractivity (Wildman–Crippen MR) is 85.9 cm³/mol. The number of H-pyrrole nitrogens is 1. The van der Waals surface area contributed by atoms with Crippen LogP contribution in [0.15, 0.2) is 12.1 Å². The molecule has 1 aromatic carbocycles. The number of hydrogen-bond donors (Lipinski definition) is 1. The van der Waals surface area contributed by atoms with Crippen LogP contribution < -0.4 is 0 Å². The lowest BCUT2D eigenvalue weighted by Crippen LogP contribution is -2.44. The highest BCUT2D eigenvalue weighted by Crippen LogP contribution is 2.59. The Kier molecular flexibility index (Phi) is 2.67. The number of hydrogen-bond acceptors (Lipinski definition) is 1. The van der Waals surface area contributed by atoms with Gasteiger partial charge in [0.25, 0.3) is 0 Å². The molecule has 2 nitrogen and oxygen atoms in total. The van der Waals surface area contributed by atoms with Crippen LogP contribution in [0.1, 0.15) is 43.8 Å². The lowest BCUT2D eigenvalue weighted by atomic mass is 9.52. The summed E-state index contributed by atoms with van der Waals surface area (Å²) in [5, 5.41) is 1.19. The Morgan fingerprint density at radius 1 is 0.905 bits per heavy atom. The number of aromatic nitrogens is 2. The van der Waals surface area contributed by atoms with Crippen molar-refractivity contribution in [3.63, 3.8) is 0 Å². The van der Waals surface area contributed by atoms with Gasteiger partial charge in [0.2, 0.25) is 0 Å². The van der Waals surface area contributed by atoms with Crippen LogP contribution in [0, 0.1) is 23.7 Å². The third kappa shape index (κ3) is 1.88. The molecule has 21 heavy (non-hydrogen) atoms. The first-order valence-electron chi connectivity index (χ1n) is 8.02. The van der Waals surface area contributed by atoms with Gasteiger partial charge in [-0.1, -0.05) is 23.2 Å². The summed E-state index contributed by atoms with van der Waals surface area (Å²) in [5.74, 6) is 5.48. The molecule has 0 saturated heterocycles. The SMILES string of the molecule is Clc1cc2nc(C3C4CC5CC(C4)CC3C5)[nH]c2cc1Cl. The van der Waals surface area contributed by atoms with Crippen molar-refractivity contribution in [2.24, 2.45) is 23.7 Å². The molecular formula is C17H18Cl2N2. The Balaban J connectivity index is 1.58. The fraction of sp³-hybridized carbons (Fsp3) is 0.588. The Labute approximate surface area is 134 Å². The van der Waals surface area contributed by atoms with E-state index in [9.17, 15) is 0 Å². The summed E-state index contributed by atoms with van der Waals surface area (Å²) in [6.45, 7) is 0. The van der Waals surface area contributed by atoms with E-state index in [1.54, 1.807) is 0 Å². The summed E-state index contributed by atoms with van der Waals surface area (Å²) >= 11 is 12.2. The molecule has 4 aliphatic carbocycles. The zero-order valence-electron chi connectivity index (χ0n) is 11.8. The maximum absolute atomic E-state index is 6.12. The second-order valence-corrected chi connectivity index (χ2v) is 8.18. The third-order valence-corrected chi connectivity index (χ3v) is 6.81. The van der Waals surface area contributed by atoms with Gasteiger partial charge in [0.1, 0.15) is 5.82 Å². The van der Waals surface area contributed by atoms with Crippen LogP contribution >= 0.6 is 23.2 Å². The Hall–Kier alpha value is -0.730.